The SMILES string of the molecule is CC(C)CN(C[C@@H](O)C(N)Cc1ccccc1)S(=O)(=O)c1ccc2c(c1)OCO2. The maximum Gasteiger partial charge on any atom is 0.243 e. The van der Waals surface area contributed by atoms with Gasteiger partial charge in [0, 0.05) is 25.2 Å². The van der Waals surface area contributed by atoms with Gasteiger partial charge in [0.2, 0.25) is 16.8 Å². The van der Waals surface area contributed by atoms with E-state index in [1.165, 1.54) is 16.4 Å². The molecule has 158 valence electrons. The van der Waals surface area contributed by atoms with Gasteiger partial charge in [0.25, 0.3) is 0 Å². The van der Waals surface area contributed by atoms with Crippen molar-refractivity contribution in [1.29, 1.82) is 0 Å². The molecule has 0 radical (unpaired) electrons. The Bertz CT molecular complexity index is 918. The summed E-state index contributed by atoms with van der Waals surface area (Å²) in [5.74, 6) is 0.998. The lowest BCUT2D eigenvalue weighted by molar-refractivity contribution is 0.116. The highest BCUT2D eigenvalue weighted by molar-refractivity contribution is 7.89. The lowest BCUT2D eigenvalue weighted by atomic mass is 10.0. The number of aliphatic hydroxyl groups is 1. The summed E-state index contributed by atoms with van der Waals surface area (Å²) in [7, 11) is -3.84. The Labute approximate surface area is 172 Å². The largest absolute Gasteiger partial charge is 0.454 e. The van der Waals surface area contributed by atoms with Crippen LogP contribution < -0.4 is 15.2 Å². The van der Waals surface area contributed by atoms with E-state index in [1.807, 2.05) is 44.2 Å². The van der Waals surface area contributed by atoms with Crippen LogP contribution in [0.15, 0.2) is 53.4 Å². The summed E-state index contributed by atoms with van der Waals surface area (Å²) in [5, 5.41) is 10.7. The fraction of sp³-hybridized carbons (Fsp3) is 0.429. The molecule has 2 atom stereocenters. The molecule has 0 amide bonds. The first-order chi connectivity index (χ1) is 13.8. The summed E-state index contributed by atoms with van der Waals surface area (Å²) in [6.07, 6.45) is -0.542. The van der Waals surface area contributed by atoms with E-state index < -0.39 is 22.2 Å². The van der Waals surface area contributed by atoms with E-state index >= 15 is 0 Å². The fourth-order valence-electron chi connectivity index (χ4n) is 3.23. The number of hydrogen-bond donors (Lipinski definition) is 2. The van der Waals surface area contributed by atoms with Gasteiger partial charge in [-0.15, -0.1) is 0 Å². The number of rotatable bonds is 9. The van der Waals surface area contributed by atoms with E-state index in [9.17, 15) is 13.5 Å². The number of ether oxygens (including phenoxy) is 2. The zero-order valence-corrected chi connectivity index (χ0v) is 17.5. The summed E-state index contributed by atoms with van der Waals surface area (Å²) in [6.45, 7) is 4.12. The van der Waals surface area contributed by atoms with Crippen molar-refractivity contribution >= 4 is 10.0 Å². The number of hydrogen-bond acceptors (Lipinski definition) is 6. The topological polar surface area (TPSA) is 102 Å². The van der Waals surface area contributed by atoms with Gasteiger partial charge < -0.3 is 20.3 Å². The highest BCUT2D eigenvalue weighted by Gasteiger charge is 2.30. The van der Waals surface area contributed by atoms with Gasteiger partial charge in [-0.05, 0) is 30.0 Å². The zero-order valence-electron chi connectivity index (χ0n) is 16.7. The van der Waals surface area contributed by atoms with Gasteiger partial charge in [-0.2, -0.15) is 4.31 Å². The van der Waals surface area contributed by atoms with Gasteiger partial charge in [0.05, 0.1) is 11.0 Å². The molecule has 0 fully saturated rings. The van der Waals surface area contributed by atoms with E-state index in [1.54, 1.807) is 6.07 Å². The fourth-order valence-corrected chi connectivity index (χ4v) is 4.87. The maximum absolute atomic E-state index is 13.3. The third-order valence-electron chi connectivity index (χ3n) is 4.75. The smallest absolute Gasteiger partial charge is 0.243 e. The Morgan fingerprint density at radius 2 is 1.76 bits per heavy atom. The summed E-state index contributed by atoms with van der Waals surface area (Å²) in [4.78, 5) is 0.103. The molecule has 1 aliphatic heterocycles. The van der Waals surface area contributed by atoms with E-state index in [4.69, 9.17) is 15.2 Å². The zero-order chi connectivity index (χ0) is 21.0. The van der Waals surface area contributed by atoms with Crippen molar-refractivity contribution in [2.75, 3.05) is 19.9 Å². The predicted molar refractivity (Wildman–Crippen MR) is 110 cm³/mol. The van der Waals surface area contributed by atoms with Crippen molar-refractivity contribution in [3.05, 3.63) is 54.1 Å². The summed E-state index contributed by atoms with van der Waals surface area (Å²) < 4.78 is 38.4. The molecule has 0 aromatic heterocycles. The van der Waals surface area contributed by atoms with Crippen LogP contribution in [0.4, 0.5) is 0 Å². The second-order valence-electron chi connectivity index (χ2n) is 7.65. The van der Waals surface area contributed by atoms with Gasteiger partial charge >= 0.3 is 0 Å². The van der Waals surface area contributed by atoms with Crippen LogP contribution >= 0.6 is 0 Å². The molecular weight excluding hydrogens is 392 g/mol. The number of nitrogens with two attached hydrogens (primary N) is 1. The first-order valence-electron chi connectivity index (χ1n) is 9.64. The summed E-state index contributed by atoms with van der Waals surface area (Å²) >= 11 is 0. The van der Waals surface area contributed by atoms with Crippen LogP contribution in [-0.4, -0.2) is 49.9 Å². The molecule has 0 bridgehead atoms. The molecule has 29 heavy (non-hydrogen) atoms. The molecular formula is C21H28N2O5S. The Balaban J connectivity index is 1.77. The lowest BCUT2D eigenvalue weighted by Gasteiger charge is -2.28. The Morgan fingerprint density at radius 1 is 1.07 bits per heavy atom. The number of benzene rings is 2. The number of fused-ring (bicyclic) bond motifs is 1. The number of nitrogens with zero attached hydrogens (tertiary/aromatic N) is 1. The van der Waals surface area contributed by atoms with Crippen LogP contribution in [0.25, 0.3) is 0 Å². The van der Waals surface area contributed by atoms with E-state index in [0.717, 1.165) is 5.56 Å². The van der Waals surface area contributed by atoms with Gasteiger partial charge in [-0.25, -0.2) is 8.42 Å². The quantitative estimate of drug-likeness (QED) is 0.643. The van der Waals surface area contributed by atoms with E-state index in [0.29, 0.717) is 17.9 Å². The van der Waals surface area contributed by atoms with Crippen LogP contribution in [0.5, 0.6) is 11.5 Å². The molecule has 3 N–H and O–H groups in total. The minimum absolute atomic E-state index is 0.0710. The molecule has 3 rings (SSSR count). The first-order valence-corrected chi connectivity index (χ1v) is 11.1. The van der Waals surface area contributed by atoms with Crippen molar-refractivity contribution in [2.24, 2.45) is 11.7 Å². The van der Waals surface area contributed by atoms with Gasteiger partial charge in [-0.3, -0.25) is 0 Å². The molecule has 1 heterocycles. The highest BCUT2D eigenvalue weighted by atomic mass is 32.2. The first kappa shape index (κ1) is 21.6. The van der Waals surface area contributed by atoms with Crippen molar-refractivity contribution in [2.45, 2.75) is 37.3 Å². The summed E-state index contributed by atoms with van der Waals surface area (Å²) in [6, 6.07) is 13.5. The molecule has 1 aliphatic rings. The maximum atomic E-state index is 13.3. The van der Waals surface area contributed by atoms with Crippen molar-refractivity contribution in [3.63, 3.8) is 0 Å². The van der Waals surface area contributed by atoms with Crippen LogP contribution in [0.3, 0.4) is 0 Å². The second kappa shape index (κ2) is 9.13. The highest BCUT2D eigenvalue weighted by Crippen LogP contribution is 2.34. The molecule has 0 saturated heterocycles. The van der Waals surface area contributed by atoms with E-state index in [2.05, 4.69) is 0 Å². The van der Waals surface area contributed by atoms with Crippen LogP contribution in [0.2, 0.25) is 0 Å². The van der Waals surface area contributed by atoms with Crippen molar-refractivity contribution in [3.8, 4) is 11.5 Å². The van der Waals surface area contributed by atoms with Crippen molar-refractivity contribution in [1.82, 2.24) is 4.31 Å². The van der Waals surface area contributed by atoms with Crippen LogP contribution in [0, 0.1) is 5.92 Å². The standard InChI is InChI=1S/C21H28N2O5S/c1-15(2)12-23(13-19(24)18(22)10-16-6-4-3-5-7-16)29(25,26)17-8-9-20-21(11-17)28-14-27-20/h3-9,11,15,18-19,24H,10,12-14,22H2,1-2H3/t18?,19-/m1/s1. The molecule has 0 saturated carbocycles. The normalized spacial score (nSPS) is 15.7. The second-order valence-corrected chi connectivity index (χ2v) is 9.59. The minimum Gasteiger partial charge on any atom is -0.454 e. The molecule has 8 heteroatoms. The molecule has 7 nitrogen and oxygen atoms in total. The Kier molecular flexibility index (Phi) is 6.79. The van der Waals surface area contributed by atoms with E-state index in [-0.39, 0.29) is 30.7 Å². The monoisotopic (exact) mass is 420 g/mol. The lowest BCUT2D eigenvalue weighted by Crippen LogP contribution is -2.47. The minimum atomic E-state index is -3.84. The number of aliphatic hydroxyl groups excluding tert-OH is 1. The van der Waals surface area contributed by atoms with Gasteiger partial charge in [-0.1, -0.05) is 44.2 Å². The Morgan fingerprint density at radius 3 is 2.45 bits per heavy atom. The average molecular weight is 421 g/mol. The van der Waals surface area contributed by atoms with Crippen LogP contribution in [-0.2, 0) is 16.4 Å². The number of sulfonamides is 1. The third-order valence-corrected chi connectivity index (χ3v) is 6.58. The van der Waals surface area contributed by atoms with Gasteiger partial charge in [0.15, 0.2) is 11.5 Å². The van der Waals surface area contributed by atoms with Crippen LogP contribution in [0.1, 0.15) is 19.4 Å². The molecule has 2 aromatic carbocycles. The molecule has 0 aliphatic carbocycles. The molecule has 2 aromatic rings. The van der Waals surface area contributed by atoms with Crippen molar-refractivity contribution < 1.29 is 23.0 Å². The predicted octanol–water partition coefficient (Wildman–Crippen LogP) is 1.99. The third kappa shape index (κ3) is 5.27. The average Bonchev–Trinajstić information content (AvgIpc) is 3.15. The summed E-state index contributed by atoms with van der Waals surface area (Å²) in [5.41, 5.74) is 7.17. The molecule has 0 spiro atoms. The van der Waals surface area contributed by atoms with Gasteiger partial charge in [0.1, 0.15) is 0 Å². The molecule has 1 unspecified atom stereocenters. The Hall–Kier alpha value is -2.13.